The lowest BCUT2D eigenvalue weighted by molar-refractivity contribution is -0.00866. The normalized spacial score (nSPS) is 14.5. The summed E-state index contributed by atoms with van der Waals surface area (Å²) in [5.41, 5.74) is 3.17. The van der Waals surface area contributed by atoms with E-state index in [1.807, 2.05) is 55.5 Å². The summed E-state index contributed by atoms with van der Waals surface area (Å²) < 4.78 is 8.04. The smallest absolute Gasteiger partial charge is 0.112 e. The quantitative estimate of drug-likeness (QED) is 0.583. The standard InChI is InChI=1S/C22H28N2O2.ClH/c1-4-16(2)22-23-20-12-8-9-13-21(20)24(22)14-19(25)15-26-17(3)18-10-6-5-7-11-18;/h5-13,16-17,19,25H,4,14-15H2,1-3H3;1H. The number of aliphatic hydroxyl groups is 1. The molecule has 3 unspecified atom stereocenters. The predicted molar refractivity (Wildman–Crippen MR) is 113 cm³/mol. The van der Waals surface area contributed by atoms with Crippen LogP contribution in [0.5, 0.6) is 0 Å². The van der Waals surface area contributed by atoms with E-state index in [9.17, 15) is 5.11 Å². The summed E-state index contributed by atoms with van der Waals surface area (Å²) in [6, 6.07) is 18.2. The van der Waals surface area contributed by atoms with Gasteiger partial charge in [-0.05, 0) is 31.0 Å². The molecule has 1 heterocycles. The van der Waals surface area contributed by atoms with Gasteiger partial charge in [0.2, 0.25) is 0 Å². The number of halogens is 1. The molecule has 0 aliphatic heterocycles. The van der Waals surface area contributed by atoms with Gasteiger partial charge in [-0.25, -0.2) is 4.98 Å². The first-order chi connectivity index (χ1) is 12.6. The van der Waals surface area contributed by atoms with Gasteiger partial charge in [0.1, 0.15) is 5.82 Å². The number of para-hydroxylation sites is 2. The lowest BCUT2D eigenvalue weighted by Crippen LogP contribution is -2.24. The monoisotopic (exact) mass is 388 g/mol. The Bertz CT molecular complexity index is 835. The molecule has 0 saturated carbocycles. The molecule has 0 fully saturated rings. The molecule has 3 aromatic rings. The molecule has 0 amide bonds. The van der Waals surface area contributed by atoms with Gasteiger partial charge < -0.3 is 14.4 Å². The SMILES string of the molecule is CCC(C)c1nc2ccccc2n1CC(O)COC(C)c1ccccc1.Cl. The van der Waals surface area contributed by atoms with Crippen LogP contribution in [0.4, 0.5) is 0 Å². The van der Waals surface area contributed by atoms with Crippen molar-refractivity contribution in [2.24, 2.45) is 0 Å². The average molecular weight is 389 g/mol. The zero-order valence-electron chi connectivity index (χ0n) is 16.2. The molecule has 1 aromatic heterocycles. The van der Waals surface area contributed by atoms with Gasteiger partial charge in [-0.1, -0.05) is 56.3 Å². The summed E-state index contributed by atoms with van der Waals surface area (Å²) in [7, 11) is 0. The van der Waals surface area contributed by atoms with E-state index < -0.39 is 6.10 Å². The molecule has 27 heavy (non-hydrogen) atoms. The molecule has 4 nitrogen and oxygen atoms in total. The fraction of sp³-hybridized carbons (Fsp3) is 0.409. The van der Waals surface area contributed by atoms with E-state index in [2.05, 4.69) is 24.5 Å². The van der Waals surface area contributed by atoms with Crippen molar-refractivity contribution in [3.63, 3.8) is 0 Å². The second kappa shape index (κ2) is 9.88. The summed E-state index contributed by atoms with van der Waals surface area (Å²) in [4.78, 5) is 4.79. The first-order valence-corrected chi connectivity index (χ1v) is 9.40. The predicted octanol–water partition coefficient (Wildman–Crippen LogP) is 5.11. The molecule has 0 aliphatic carbocycles. The van der Waals surface area contributed by atoms with E-state index in [4.69, 9.17) is 9.72 Å². The summed E-state index contributed by atoms with van der Waals surface area (Å²) in [6.07, 6.45) is 0.391. The number of rotatable bonds is 8. The largest absolute Gasteiger partial charge is 0.389 e. The molecule has 3 rings (SSSR count). The van der Waals surface area contributed by atoms with Gasteiger partial charge in [-0.2, -0.15) is 0 Å². The van der Waals surface area contributed by atoms with Crippen molar-refractivity contribution >= 4 is 23.4 Å². The zero-order chi connectivity index (χ0) is 18.5. The number of imidazole rings is 1. The fourth-order valence-corrected chi connectivity index (χ4v) is 3.18. The topological polar surface area (TPSA) is 47.3 Å². The number of hydrogen-bond donors (Lipinski definition) is 1. The number of ether oxygens (including phenoxy) is 1. The van der Waals surface area contributed by atoms with Crippen LogP contribution < -0.4 is 0 Å². The van der Waals surface area contributed by atoms with Crippen LogP contribution in [0.2, 0.25) is 0 Å². The van der Waals surface area contributed by atoms with E-state index in [1.54, 1.807) is 0 Å². The second-order valence-electron chi connectivity index (χ2n) is 6.92. The van der Waals surface area contributed by atoms with Gasteiger partial charge in [0.25, 0.3) is 0 Å². The van der Waals surface area contributed by atoms with Crippen LogP contribution >= 0.6 is 12.4 Å². The average Bonchev–Trinajstić information content (AvgIpc) is 3.04. The van der Waals surface area contributed by atoms with Crippen LogP contribution in [0.15, 0.2) is 54.6 Å². The minimum Gasteiger partial charge on any atom is -0.389 e. The van der Waals surface area contributed by atoms with Crippen LogP contribution in [0, 0.1) is 0 Å². The molecule has 5 heteroatoms. The van der Waals surface area contributed by atoms with Crippen molar-refractivity contribution in [3.8, 4) is 0 Å². The molecule has 0 spiro atoms. The Kier molecular flexibility index (Phi) is 7.84. The number of aromatic nitrogens is 2. The first kappa shape index (κ1) is 21.4. The van der Waals surface area contributed by atoms with E-state index in [0.29, 0.717) is 19.1 Å². The number of benzene rings is 2. The Labute approximate surface area is 167 Å². The van der Waals surface area contributed by atoms with Crippen LogP contribution in [0.1, 0.15) is 50.6 Å². The van der Waals surface area contributed by atoms with Crippen molar-refractivity contribution < 1.29 is 9.84 Å². The molecular formula is C22H29ClN2O2. The lowest BCUT2D eigenvalue weighted by atomic mass is 10.1. The highest BCUT2D eigenvalue weighted by molar-refractivity contribution is 5.85. The molecular weight excluding hydrogens is 360 g/mol. The van der Waals surface area contributed by atoms with Gasteiger partial charge in [0, 0.05) is 5.92 Å². The van der Waals surface area contributed by atoms with Crippen LogP contribution in [0.3, 0.4) is 0 Å². The second-order valence-corrected chi connectivity index (χ2v) is 6.92. The highest BCUT2D eigenvalue weighted by atomic mass is 35.5. The van der Waals surface area contributed by atoms with Crippen molar-refractivity contribution in [2.45, 2.75) is 51.9 Å². The highest BCUT2D eigenvalue weighted by Gasteiger charge is 2.18. The first-order valence-electron chi connectivity index (χ1n) is 9.40. The van der Waals surface area contributed by atoms with Gasteiger partial charge in [0.05, 0.1) is 36.4 Å². The maximum absolute atomic E-state index is 10.6. The van der Waals surface area contributed by atoms with Gasteiger partial charge >= 0.3 is 0 Å². The Morgan fingerprint density at radius 3 is 2.41 bits per heavy atom. The number of aliphatic hydroxyl groups excluding tert-OH is 1. The van der Waals surface area contributed by atoms with E-state index in [-0.39, 0.29) is 18.5 Å². The van der Waals surface area contributed by atoms with E-state index in [1.165, 1.54) is 0 Å². The zero-order valence-corrected chi connectivity index (χ0v) is 17.0. The Balaban J connectivity index is 0.00000261. The molecule has 0 bridgehead atoms. The third-order valence-corrected chi connectivity index (χ3v) is 4.94. The van der Waals surface area contributed by atoms with Gasteiger partial charge in [-0.15, -0.1) is 12.4 Å². The van der Waals surface area contributed by atoms with Gasteiger partial charge in [0.15, 0.2) is 0 Å². The molecule has 2 aromatic carbocycles. The molecule has 3 atom stereocenters. The van der Waals surface area contributed by atoms with Crippen molar-refractivity contribution in [1.29, 1.82) is 0 Å². The molecule has 0 aliphatic rings. The fourth-order valence-electron chi connectivity index (χ4n) is 3.18. The van der Waals surface area contributed by atoms with Crippen LogP contribution in [-0.4, -0.2) is 27.4 Å². The molecule has 0 saturated heterocycles. The van der Waals surface area contributed by atoms with Crippen molar-refractivity contribution in [1.82, 2.24) is 9.55 Å². The number of fused-ring (bicyclic) bond motifs is 1. The van der Waals surface area contributed by atoms with Crippen LogP contribution in [-0.2, 0) is 11.3 Å². The molecule has 0 radical (unpaired) electrons. The number of nitrogens with zero attached hydrogens (tertiary/aromatic N) is 2. The Morgan fingerprint density at radius 2 is 1.70 bits per heavy atom. The third kappa shape index (κ3) is 5.10. The molecule has 1 N–H and O–H groups in total. The summed E-state index contributed by atoms with van der Waals surface area (Å²) in [5, 5.41) is 10.6. The lowest BCUT2D eigenvalue weighted by Gasteiger charge is -2.19. The molecule has 146 valence electrons. The minimum absolute atomic E-state index is 0. The third-order valence-electron chi connectivity index (χ3n) is 4.94. The minimum atomic E-state index is -0.582. The highest BCUT2D eigenvalue weighted by Crippen LogP contribution is 2.24. The summed E-state index contributed by atoms with van der Waals surface area (Å²) in [5.74, 6) is 1.38. The number of hydrogen-bond acceptors (Lipinski definition) is 3. The summed E-state index contributed by atoms with van der Waals surface area (Å²) in [6.45, 7) is 7.14. The van der Waals surface area contributed by atoms with Crippen LogP contribution in [0.25, 0.3) is 11.0 Å². The van der Waals surface area contributed by atoms with Gasteiger partial charge in [-0.3, -0.25) is 0 Å². The van der Waals surface area contributed by atoms with Crippen molar-refractivity contribution in [2.75, 3.05) is 6.61 Å². The Hall–Kier alpha value is -1.88. The maximum atomic E-state index is 10.6. The van der Waals surface area contributed by atoms with E-state index in [0.717, 1.165) is 28.8 Å². The van der Waals surface area contributed by atoms with E-state index >= 15 is 0 Å². The maximum Gasteiger partial charge on any atom is 0.112 e. The Morgan fingerprint density at radius 1 is 1.04 bits per heavy atom. The summed E-state index contributed by atoms with van der Waals surface area (Å²) >= 11 is 0. The van der Waals surface area contributed by atoms with Crippen molar-refractivity contribution in [3.05, 3.63) is 66.0 Å².